The normalized spacial score (nSPS) is 13.0. The van der Waals surface area contributed by atoms with Gasteiger partial charge in [-0.2, -0.15) is 0 Å². The van der Waals surface area contributed by atoms with E-state index in [4.69, 9.17) is 4.74 Å². The molecule has 0 radical (unpaired) electrons. The van der Waals surface area contributed by atoms with Crippen molar-refractivity contribution in [3.05, 3.63) is 18.0 Å². The monoisotopic (exact) mass is 153 g/mol. The molecular formula is C9H15NO. The van der Waals surface area contributed by atoms with E-state index in [1.165, 1.54) is 5.69 Å². The predicted molar refractivity (Wildman–Crippen MR) is 46.1 cm³/mol. The molecule has 0 amide bonds. The number of ether oxygens (including phenoxy) is 1. The molecule has 1 N–H and O–H groups in total. The van der Waals surface area contributed by atoms with Crippen molar-refractivity contribution in [1.82, 2.24) is 4.98 Å². The van der Waals surface area contributed by atoms with Gasteiger partial charge in [-0.05, 0) is 18.4 Å². The highest BCUT2D eigenvalue weighted by molar-refractivity contribution is 5.30. The molecule has 2 nitrogen and oxygen atoms in total. The third-order valence-corrected chi connectivity index (χ3v) is 2.06. The molecule has 1 atom stereocenters. The number of aromatic nitrogens is 1. The zero-order valence-electron chi connectivity index (χ0n) is 7.35. The van der Waals surface area contributed by atoms with Crippen LogP contribution in [0.5, 0.6) is 5.75 Å². The van der Waals surface area contributed by atoms with Gasteiger partial charge >= 0.3 is 0 Å². The predicted octanol–water partition coefficient (Wildman–Crippen LogP) is 2.54. The molecule has 1 aromatic heterocycles. The standard InChI is InChI=1S/C9H15NO/c1-4-7(2)9-8(11-3)5-6-10-9/h5-7,10H,4H2,1-3H3. The second-order valence-electron chi connectivity index (χ2n) is 2.77. The summed E-state index contributed by atoms with van der Waals surface area (Å²) in [5.41, 5.74) is 1.20. The maximum atomic E-state index is 5.18. The van der Waals surface area contributed by atoms with Crippen LogP contribution in [-0.4, -0.2) is 12.1 Å². The Kier molecular flexibility index (Phi) is 2.58. The lowest BCUT2D eigenvalue weighted by atomic mass is 10.1. The van der Waals surface area contributed by atoms with Gasteiger partial charge in [-0.1, -0.05) is 13.8 Å². The van der Waals surface area contributed by atoms with Crippen molar-refractivity contribution in [2.45, 2.75) is 26.2 Å². The van der Waals surface area contributed by atoms with Gasteiger partial charge in [0.1, 0.15) is 5.75 Å². The summed E-state index contributed by atoms with van der Waals surface area (Å²) in [7, 11) is 1.70. The average molecular weight is 153 g/mol. The minimum atomic E-state index is 0.556. The zero-order chi connectivity index (χ0) is 8.27. The van der Waals surface area contributed by atoms with E-state index in [-0.39, 0.29) is 0 Å². The zero-order valence-corrected chi connectivity index (χ0v) is 7.35. The summed E-state index contributed by atoms with van der Waals surface area (Å²) in [5, 5.41) is 0. The molecule has 1 heterocycles. The van der Waals surface area contributed by atoms with E-state index in [1.807, 2.05) is 12.3 Å². The first kappa shape index (κ1) is 8.18. The molecular weight excluding hydrogens is 138 g/mol. The lowest BCUT2D eigenvalue weighted by molar-refractivity contribution is 0.406. The Balaban J connectivity index is 2.83. The summed E-state index contributed by atoms with van der Waals surface area (Å²) in [4.78, 5) is 3.18. The van der Waals surface area contributed by atoms with Crippen molar-refractivity contribution < 1.29 is 4.74 Å². The van der Waals surface area contributed by atoms with Gasteiger partial charge in [0.25, 0.3) is 0 Å². The summed E-state index contributed by atoms with van der Waals surface area (Å²) in [6, 6.07) is 1.96. The first-order valence-corrected chi connectivity index (χ1v) is 4.00. The molecule has 11 heavy (non-hydrogen) atoms. The second-order valence-corrected chi connectivity index (χ2v) is 2.77. The van der Waals surface area contributed by atoms with Crippen molar-refractivity contribution in [3.8, 4) is 5.75 Å². The SMILES string of the molecule is CCC(C)c1[nH]ccc1OC. The lowest BCUT2D eigenvalue weighted by Crippen LogP contribution is -1.94. The van der Waals surface area contributed by atoms with Crippen molar-refractivity contribution in [3.63, 3.8) is 0 Å². The van der Waals surface area contributed by atoms with Crippen molar-refractivity contribution in [2.75, 3.05) is 7.11 Å². The minimum Gasteiger partial charge on any atom is -0.495 e. The van der Waals surface area contributed by atoms with Crippen LogP contribution in [0.15, 0.2) is 12.3 Å². The third kappa shape index (κ3) is 1.56. The highest BCUT2D eigenvalue weighted by atomic mass is 16.5. The molecule has 0 saturated heterocycles. The van der Waals surface area contributed by atoms with Crippen LogP contribution >= 0.6 is 0 Å². The average Bonchev–Trinajstić information content (AvgIpc) is 2.50. The maximum absolute atomic E-state index is 5.18. The van der Waals surface area contributed by atoms with E-state index in [9.17, 15) is 0 Å². The quantitative estimate of drug-likeness (QED) is 0.709. The van der Waals surface area contributed by atoms with Crippen LogP contribution in [0.4, 0.5) is 0 Å². The highest BCUT2D eigenvalue weighted by Gasteiger charge is 2.09. The molecule has 0 saturated carbocycles. The molecule has 0 aliphatic carbocycles. The van der Waals surface area contributed by atoms with E-state index in [0.717, 1.165) is 12.2 Å². The van der Waals surface area contributed by atoms with Gasteiger partial charge in [-0.15, -0.1) is 0 Å². The maximum Gasteiger partial charge on any atom is 0.139 e. The van der Waals surface area contributed by atoms with Gasteiger partial charge in [0, 0.05) is 6.20 Å². The molecule has 0 spiro atoms. The number of nitrogens with one attached hydrogen (secondary N) is 1. The number of hydrogen-bond acceptors (Lipinski definition) is 1. The summed E-state index contributed by atoms with van der Waals surface area (Å²) in [6.45, 7) is 4.36. The van der Waals surface area contributed by atoms with Gasteiger partial charge < -0.3 is 9.72 Å². The smallest absolute Gasteiger partial charge is 0.139 e. The Labute approximate surface area is 67.6 Å². The van der Waals surface area contributed by atoms with E-state index >= 15 is 0 Å². The first-order valence-electron chi connectivity index (χ1n) is 4.00. The summed E-state index contributed by atoms with van der Waals surface area (Å²) >= 11 is 0. The number of H-pyrrole nitrogens is 1. The summed E-state index contributed by atoms with van der Waals surface area (Å²) < 4.78 is 5.18. The van der Waals surface area contributed by atoms with Crippen LogP contribution in [-0.2, 0) is 0 Å². The van der Waals surface area contributed by atoms with Crippen LogP contribution in [0.3, 0.4) is 0 Å². The van der Waals surface area contributed by atoms with Crippen LogP contribution in [0.25, 0.3) is 0 Å². The minimum absolute atomic E-state index is 0.556. The Bertz CT molecular complexity index is 217. The second kappa shape index (κ2) is 3.46. The largest absolute Gasteiger partial charge is 0.495 e. The topological polar surface area (TPSA) is 25.0 Å². The number of hydrogen-bond donors (Lipinski definition) is 1. The van der Waals surface area contributed by atoms with E-state index < -0.39 is 0 Å². The fourth-order valence-corrected chi connectivity index (χ4v) is 1.14. The molecule has 1 aromatic rings. The Morgan fingerprint density at radius 1 is 1.64 bits per heavy atom. The van der Waals surface area contributed by atoms with Crippen molar-refractivity contribution >= 4 is 0 Å². The van der Waals surface area contributed by atoms with E-state index in [0.29, 0.717) is 5.92 Å². The van der Waals surface area contributed by atoms with Crippen molar-refractivity contribution in [2.24, 2.45) is 0 Å². The van der Waals surface area contributed by atoms with Crippen molar-refractivity contribution in [1.29, 1.82) is 0 Å². The third-order valence-electron chi connectivity index (χ3n) is 2.06. The molecule has 62 valence electrons. The Morgan fingerprint density at radius 3 is 2.91 bits per heavy atom. The lowest BCUT2D eigenvalue weighted by Gasteiger charge is -2.08. The van der Waals surface area contributed by atoms with Crippen LogP contribution in [0.2, 0.25) is 0 Å². The molecule has 2 heteroatoms. The van der Waals surface area contributed by atoms with Gasteiger partial charge in [-0.3, -0.25) is 0 Å². The molecule has 0 fully saturated rings. The molecule has 0 aromatic carbocycles. The summed E-state index contributed by atoms with van der Waals surface area (Å²) in [6.07, 6.45) is 3.05. The van der Waals surface area contributed by atoms with Gasteiger partial charge in [0.15, 0.2) is 0 Å². The van der Waals surface area contributed by atoms with Crippen LogP contribution < -0.4 is 4.74 Å². The van der Waals surface area contributed by atoms with Crippen LogP contribution in [0, 0.1) is 0 Å². The highest BCUT2D eigenvalue weighted by Crippen LogP contribution is 2.26. The number of aromatic amines is 1. The first-order chi connectivity index (χ1) is 5.29. The molecule has 1 rings (SSSR count). The molecule has 1 unspecified atom stereocenters. The molecule has 0 bridgehead atoms. The van der Waals surface area contributed by atoms with Gasteiger partial charge in [0.05, 0.1) is 12.8 Å². The van der Waals surface area contributed by atoms with E-state index in [1.54, 1.807) is 7.11 Å². The summed E-state index contributed by atoms with van der Waals surface area (Å²) in [5.74, 6) is 1.53. The van der Waals surface area contributed by atoms with Gasteiger partial charge in [-0.25, -0.2) is 0 Å². The van der Waals surface area contributed by atoms with Crippen LogP contribution in [0.1, 0.15) is 31.9 Å². The van der Waals surface area contributed by atoms with E-state index in [2.05, 4.69) is 18.8 Å². The molecule has 0 aliphatic heterocycles. The Morgan fingerprint density at radius 2 is 2.36 bits per heavy atom. The van der Waals surface area contributed by atoms with Gasteiger partial charge in [0.2, 0.25) is 0 Å². The number of methoxy groups -OCH3 is 1. The number of rotatable bonds is 3. The fraction of sp³-hybridized carbons (Fsp3) is 0.556. The molecule has 0 aliphatic rings. The Hall–Kier alpha value is -0.920. The fourth-order valence-electron chi connectivity index (χ4n) is 1.14.